The molecule has 1 unspecified atom stereocenters. The summed E-state index contributed by atoms with van der Waals surface area (Å²) >= 11 is 0. The standard InChI is InChI=1S/C18H22N4O2/c1-13-4-3-9-22(12-13)17(23)14-10-19-18(20-11-14)21-15-5-7-16(24-2)8-6-15/h5-8,10-11,13H,3-4,9,12H2,1-2H3,(H,19,20,21). The van der Waals surface area contributed by atoms with Crippen LogP contribution in [0.15, 0.2) is 36.7 Å². The SMILES string of the molecule is COc1ccc(Nc2ncc(C(=O)N3CCCC(C)C3)cn2)cc1. The van der Waals surface area contributed by atoms with Gasteiger partial charge in [0.1, 0.15) is 5.75 Å². The van der Waals surface area contributed by atoms with E-state index in [1.165, 1.54) is 6.42 Å². The molecule has 6 nitrogen and oxygen atoms in total. The summed E-state index contributed by atoms with van der Waals surface area (Å²) in [5.74, 6) is 1.82. The van der Waals surface area contributed by atoms with Crippen molar-refractivity contribution in [2.45, 2.75) is 19.8 Å². The fourth-order valence-electron chi connectivity index (χ4n) is 2.86. The number of piperidine rings is 1. The molecular formula is C18H22N4O2. The number of carbonyl (C=O) groups excluding carboxylic acids is 1. The van der Waals surface area contributed by atoms with Crippen LogP contribution in [0.4, 0.5) is 11.6 Å². The van der Waals surface area contributed by atoms with Crippen molar-refractivity contribution in [2.24, 2.45) is 5.92 Å². The molecule has 0 aliphatic carbocycles. The smallest absolute Gasteiger partial charge is 0.257 e. The van der Waals surface area contributed by atoms with E-state index in [0.29, 0.717) is 17.4 Å². The number of rotatable bonds is 4. The zero-order valence-electron chi connectivity index (χ0n) is 14.0. The summed E-state index contributed by atoms with van der Waals surface area (Å²) in [6, 6.07) is 7.49. The molecule has 24 heavy (non-hydrogen) atoms. The second kappa shape index (κ2) is 7.29. The Hall–Kier alpha value is -2.63. The Kier molecular flexibility index (Phi) is 4.93. The number of ether oxygens (including phenoxy) is 1. The number of benzene rings is 1. The van der Waals surface area contributed by atoms with E-state index in [-0.39, 0.29) is 5.91 Å². The summed E-state index contributed by atoms with van der Waals surface area (Å²) in [5.41, 5.74) is 1.39. The fraction of sp³-hybridized carbons (Fsp3) is 0.389. The number of anilines is 2. The average molecular weight is 326 g/mol. The molecule has 1 aromatic carbocycles. The minimum Gasteiger partial charge on any atom is -0.497 e. The lowest BCUT2D eigenvalue weighted by Crippen LogP contribution is -2.39. The van der Waals surface area contributed by atoms with Crippen molar-refractivity contribution in [1.29, 1.82) is 0 Å². The number of hydrogen-bond donors (Lipinski definition) is 1. The maximum atomic E-state index is 12.5. The topological polar surface area (TPSA) is 67.3 Å². The predicted molar refractivity (Wildman–Crippen MR) is 92.6 cm³/mol. The van der Waals surface area contributed by atoms with Crippen molar-refractivity contribution in [3.8, 4) is 5.75 Å². The third-order valence-corrected chi connectivity index (χ3v) is 4.19. The van der Waals surface area contributed by atoms with Crippen LogP contribution in [0.3, 0.4) is 0 Å². The van der Waals surface area contributed by atoms with Crippen molar-refractivity contribution >= 4 is 17.5 Å². The highest BCUT2D eigenvalue weighted by molar-refractivity contribution is 5.93. The Labute approximate surface area is 141 Å². The molecule has 0 spiro atoms. The van der Waals surface area contributed by atoms with Crippen LogP contribution in [0.25, 0.3) is 0 Å². The Morgan fingerprint density at radius 1 is 1.25 bits per heavy atom. The molecule has 1 aliphatic heterocycles. The summed E-state index contributed by atoms with van der Waals surface area (Å²) < 4.78 is 5.13. The normalized spacial score (nSPS) is 17.4. The molecular weight excluding hydrogens is 304 g/mol. The molecule has 126 valence electrons. The van der Waals surface area contributed by atoms with Gasteiger partial charge in [-0.25, -0.2) is 9.97 Å². The van der Waals surface area contributed by atoms with Gasteiger partial charge in [0, 0.05) is 31.2 Å². The number of hydrogen-bond acceptors (Lipinski definition) is 5. The van der Waals surface area contributed by atoms with E-state index in [4.69, 9.17) is 4.74 Å². The lowest BCUT2D eigenvalue weighted by atomic mass is 10.00. The van der Waals surface area contributed by atoms with E-state index >= 15 is 0 Å². The van der Waals surface area contributed by atoms with Gasteiger partial charge in [-0.15, -0.1) is 0 Å². The molecule has 3 rings (SSSR count). The highest BCUT2D eigenvalue weighted by Crippen LogP contribution is 2.19. The molecule has 1 aromatic heterocycles. The van der Waals surface area contributed by atoms with Crippen LogP contribution in [0.2, 0.25) is 0 Å². The molecule has 0 saturated carbocycles. The Balaban J connectivity index is 1.65. The van der Waals surface area contributed by atoms with Gasteiger partial charge in [0.15, 0.2) is 0 Å². The zero-order chi connectivity index (χ0) is 16.9. The van der Waals surface area contributed by atoms with E-state index in [2.05, 4.69) is 22.2 Å². The van der Waals surface area contributed by atoms with Gasteiger partial charge in [0.25, 0.3) is 5.91 Å². The molecule has 0 radical (unpaired) electrons. The maximum Gasteiger partial charge on any atom is 0.257 e. The summed E-state index contributed by atoms with van der Waals surface area (Å²) in [7, 11) is 1.63. The second-order valence-electron chi connectivity index (χ2n) is 6.15. The van der Waals surface area contributed by atoms with Crippen molar-refractivity contribution in [2.75, 3.05) is 25.5 Å². The van der Waals surface area contributed by atoms with Gasteiger partial charge < -0.3 is 15.0 Å². The van der Waals surface area contributed by atoms with Crippen molar-refractivity contribution in [3.05, 3.63) is 42.2 Å². The van der Waals surface area contributed by atoms with E-state index in [9.17, 15) is 4.79 Å². The second-order valence-corrected chi connectivity index (χ2v) is 6.15. The summed E-state index contributed by atoms with van der Waals surface area (Å²) in [6.07, 6.45) is 5.41. The van der Waals surface area contributed by atoms with Crippen LogP contribution >= 0.6 is 0 Å². The largest absolute Gasteiger partial charge is 0.497 e. The summed E-state index contributed by atoms with van der Waals surface area (Å²) in [4.78, 5) is 22.9. The number of amides is 1. The quantitative estimate of drug-likeness (QED) is 0.935. The molecule has 2 aromatic rings. The van der Waals surface area contributed by atoms with Crippen molar-refractivity contribution < 1.29 is 9.53 Å². The van der Waals surface area contributed by atoms with Crippen LogP contribution < -0.4 is 10.1 Å². The number of aromatic nitrogens is 2. The first kappa shape index (κ1) is 16.2. The van der Waals surface area contributed by atoms with Crippen molar-refractivity contribution in [3.63, 3.8) is 0 Å². The van der Waals surface area contributed by atoms with Gasteiger partial charge in [0.2, 0.25) is 5.95 Å². The molecule has 1 N–H and O–H groups in total. The number of likely N-dealkylation sites (tertiary alicyclic amines) is 1. The maximum absolute atomic E-state index is 12.5. The number of methoxy groups -OCH3 is 1. The van der Waals surface area contributed by atoms with E-state index in [1.54, 1.807) is 19.5 Å². The lowest BCUT2D eigenvalue weighted by Gasteiger charge is -2.30. The molecule has 6 heteroatoms. The van der Waals surface area contributed by atoms with Gasteiger partial charge in [-0.05, 0) is 43.0 Å². The zero-order valence-corrected chi connectivity index (χ0v) is 14.0. The van der Waals surface area contributed by atoms with E-state index in [0.717, 1.165) is 30.9 Å². The number of nitrogens with one attached hydrogen (secondary N) is 1. The van der Waals surface area contributed by atoms with Crippen LogP contribution in [0.5, 0.6) is 5.75 Å². The first-order chi connectivity index (χ1) is 11.7. The van der Waals surface area contributed by atoms with Crippen LogP contribution in [0, 0.1) is 5.92 Å². The first-order valence-corrected chi connectivity index (χ1v) is 8.18. The average Bonchev–Trinajstić information content (AvgIpc) is 2.62. The highest BCUT2D eigenvalue weighted by atomic mass is 16.5. The van der Waals surface area contributed by atoms with Gasteiger partial charge in [-0.3, -0.25) is 4.79 Å². The summed E-state index contributed by atoms with van der Waals surface area (Å²) in [5, 5.41) is 3.11. The lowest BCUT2D eigenvalue weighted by molar-refractivity contribution is 0.0682. The van der Waals surface area contributed by atoms with E-state index < -0.39 is 0 Å². The predicted octanol–water partition coefficient (Wildman–Crippen LogP) is 3.10. The Morgan fingerprint density at radius 3 is 2.58 bits per heavy atom. The number of nitrogens with zero attached hydrogens (tertiary/aromatic N) is 3. The molecule has 0 bridgehead atoms. The third-order valence-electron chi connectivity index (χ3n) is 4.19. The van der Waals surface area contributed by atoms with Gasteiger partial charge in [0.05, 0.1) is 12.7 Å². The van der Waals surface area contributed by atoms with Gasteiger partial charge in [-0.1, -0.05) is 6.92 Å². The number of carbonyl (C=O) groups is 1. The Morgan fingerprint density at radius 2 is 1.96 bits per heavy atom. The highest BCUT2D eigenvalue weighted by Gasteiger charge is 2.22. The van der Waals surface area contributed by atoms with Crippen LogP contribution in [-0.2, 0) is 0 Å². The minimum atomic E-state index is 0.0116. The molecule has 2 heterocycles. The molecule has 1 amide bonds. The van der Waals surface area contributed by atoms with Crippen molar-refractivity contribution in [1.82, 2.24) is 14.9 Å². The minimum absolute atomic E-state index is 0.0116. The summed E-state index contributed by atoms with van der Waals surface area (Å²) in [6.45, 7) is 3.80. The van der Waals surface area contributed by atoms with Gasteiger partial charge >= 0.3 is 0 Å². The third kappa shape index (κ3) is 3.82. The molecule has 1 aliphatic rings. The van der Waals surface area contributed by atoms with E-state index in [1.807, 2.05) is 29.2 Å². The van der Waals surface area contributed by atoms with Crippen LogP contribution in [0.1, 0.15) is 30.1 Å². The molecule has 1 atom stereocenters. The molecule has 1 saturated heterocycles. The molecule has 1 fully saturated rings. The first-order valence-electron chi connectivity index (χ1n) is 8.18. The van der Waals surface area contributed by atoms with Gasteiger partial charge in [-0.2, -0.15) is 0 Å². The Bertz CT molecular complexity index is 685. The monoisotopic (exact) mass is 326 g/mol. The van der Waals surface area contributed by atoms with Crippen LogP contribution in [-0.4, -0.2) is 41.0 Å². The fourth-order valence-corrected chi connectivity index (χ4v) is 2.86.